The minimum atomic E-state index is 0.293. The van der Waals surface area contributed by atoms with Crippen LogP contribution < -0.4 is 10.6 Å². The van der Waals surface area contributed by atoms with Crippen molar-refractivity contribution in [1.29, 1.82) is 0 Å². The van der Waals surface area contributed by atoms with Crippen molar-refractivity contribution >= 4 is 38.9 Å². The van der Waals surface area contributed by atoms with Crippen LogP contribution in [0.4, 0.5) is 11.6 Å². The molecule has 1 atom stereocenters. The van der Waals surface area contributed by atoms with E-state index in [-0.39, 0.29) is 0 Å². The molecule has 0 amide bonds. The Balaban J connectivity index is 2.22. The van der Waals surface area contributed by atoms with Gasteiger partial charge in [0.05, 0.1) is 6.04 Å². The predicted molar refractivity (Wildman–Crippen MR) is 84.9 cm³/mol. The van der Waals surface area contributed by atoms with Gasteiger partial charge in [-0.25, -0.2) is 9.97 Å². The molecule has 0 bridgehead atoms. The highest BCUT2D eigenvalue weighted by molar-refractivity contribution is 9.10. The first-order valence-electron chi connectivity index (χ1n) is 6.24. The molecule has 0 fully saturated rings. The largest absolute Gasteiger partial charge is 0.372 e. The highest BCUT2D eigenvalue weighted by atomic mass is 79.9. The predicted octanol–water partition coefficient (Wildman–Crippen LogP) is 4.30. The molecule has 2 rings (SSSR count). The van der Waals surface area contributed by atoms with Crippen molar-refractivity contribution in [2.24, 2.45) is 0 Å². The topological polar surface area (TPSA) is 49.8 Å². The van der Waals surface area contributed by atoms with Crippen LogP contribution in [-0.4, -0.2) is 17.0 Å². The number of nitrogens with one attached hydrogen (secondary N) is 2. The molecular formula is C13H17BrN4S. The Labute approximate surface area is 125 Å². The quantitative estimate of drug-likeness (QED) is 0.823. The summed E-state index contributed by atoms with van der Waals surface area (Å²) in [5.41, 5.74) is 0. The molecule has 0 aliphatic carbocycles. The maximum Gasteiger partial charge on any atom is 0.146 e. The Kier molecular flexibility index (Phi) is 5.15. The summed E-state index contributed by atoms with van der Waals surface area (Å²) in [6.07, 6.45) is 3.76. The fourth-order valence-electron chi connectivity index (χ4n) is 1.87. The molecule has 4 nitrogen and oxygen atoms in total. The first-order valence-corrected chi connectivity index (χ1v) is 7.91. The number of thiophene rings is 1. The van der Waals surface area contributed by atoms with Gasteiger partial charge in [0, 0.05) is 11.9 Å². The Morgan fingerprint density at radius 3 is 2.79 bits per heavy atom. The zero-order chi connectivity index (χ0) is 13.7. The summed E-state index contributed by atoms with van der Waals surface area (Å²) in [5.74, 6) is 1.62. The van der Waals surface area contributed by atoms with Crippen molar-refractivity contribution in [2.45, 2.75) is 25.8 Å². The van der Waals surface area contributed by atoms with E-state index in [2.05, 4.69) is 61.0 Å². The molecular weight excluding hydrogens is 324 g/mol. The number of anilines is 2. The number of hydrogen-bond acceptors (Lipinski definition) is 5. The number of hydrogen-bond donors (Lipinski definition) is 2. The molecule has 0 saturated heterocycles. The minimum absolute atomic E-state index is 0.293. The molecule has 2 N–H and O–H groups in total. The molecule has 0 aliphatic rings. The smallest absolute Gasteiger partial charge is 0.146 e. The van der Waals surface area contributed by atoms with Crippen LogP contribution >= 0.6 is 27.3 Å². The third-order valence-electron chi connectivity index (χ3n) is 2.80. The van der Waals surface area contributed by atoms with Crippen LogP contribution in [0, 0.1) is 0 Å². The second-order valence-electron chi connectivity index (χ2n) is 4.14. The van der Waals surface area contributed by atoms with Crippen molar-refractivity contribution in [2.75, 3.05) is 17.7 Å². The number of aromatic nitrogens is 2. The number of rotatable bonds is 6. The van der Waals surface area contributed by atoms with Gasteiger partial charge in [-0.15, -0.1) is 11.3 Å². The monoisotopic (exact) mass is 340 g/mol. The normalized spacial score (nSPS) is 12.2. The first kappa shape index (κ1) is 14.3. The van der Waals surface area contributed by atoms with E-state index in [4.69, 9.17) is 0 Å². The van der Waals surface area contributed by atoms with Crippen LogP contribution in [0.25, 0.3) is 0 Å². The fraction of sp³-hybridized carbons (Fsp3) is 0.385. The summed E-state index contributed by atoms with van der Waals surface area (Å²) >= 11 is 5.31. The maximum absolute atomic E-state index is 4.31. The molecule has 2 aromatic heterocycles. The van der Waals surface area contributed by atoms with Crippen LogP contribution in [0.5, 0.6) is 0 Å². The first-order chi connectivity index (χ1) is 9.26. The lowest BCUT2D eigenvalue weighted by molar-refractivity contribution is 0.684. The van der Waals surface area contributed by atoms with Gasteiger partial charge >= 0.3 is 0 Å². The standard InChI is InChI=1S/C13H17BrN4S/c1-3-5-9(10-6-4-7-19-10)18-13-11(14)12(15-2)16-8-17-13/h4,6-9H,3,5H2,1-2H3,(H2,15,16,17,18). The van der Waals surface area contributed by atoms with Gasteiger partial charge in [-0.3, -0.25) is 0 Å². The lowest BCUT2D eigenvalue weighted by Gasteiger charge is -2.18. The van der Waals surface area contributed by atoms with Gasteiger partial charge in [0.1, 0.15) is 22.4 Å². The van der Waals surface area contributed by atoms with Crippen molar-refractivity contribution in [1.82, 2.24) is 9.97 Å². The Morgan fingerprint density at radius 1 is 1.37 bits per heavy atom. The van der Waals surface area contributed by atoms with Gasteiger partial charge in [-0.2, -0.15) is 0 Å². The Hall–Kier alpha value is -1.14. The molecule has 19 heavy (non-hydrogen) atoms. The fourth-order valence-corrected chi connectivity index (χ4v) is 3.20. The second-order valence-corrected chi connectivity index (χ2v) is 5.91. The summed E-state index contributed by atoms with van der Waals surface area (Å²) in [7, 11) is 1.85. The zero-order valence-corrected chi connectivity index (χ0v) is 13.4. The van der Waals surface area contributed by atoms with Crippen LogP contribution in [0.2, 0.25) is 0 Å². The average molecular weight is 341 g/mol. The molecule has 0 saturated carbocycles. The van der Waals surface area contributed by atoms with Crippen molar-refractivity contribution in [3.8, 4) is 0 Å². The van der Waals surface area contributed by atoms with Gasteiger partial charge in [0.25, 0.3) is 0 Å². The second kappa shape index (κ2) is 6.86. The van der Waals surface area contributed by atoms with Crippen LogP contribution in [-0.2, 0) is 0 Å². The number of nitrogens with zero attached hydrogens (tertiary/aromatic N) is 2. The van der Waals surface area contributed by atoms with E-state index in [9.17, 15) is 0 Å². The zero-order valence-electron chi connectivity index (χ0n) is 11.0. The summed E-state index contributed by atoms with van der Waals surface area (Å²) in [6, 6.07) is 4.53. The van der Waals surface area contributed by atoms with Crippen LogP contribution in [0.3, 0.4) is 0 Å². The van der Waals surface area contributed by atoms with Gasteiger partial charge in [-0.05, 0) is 33.8 Å². The van der Waals surface area contributed by atoms with E-state index in [0.717, 1.165) is 29.0 Å². The van der Waals surface area contributed by atoms with E-state index < -0.39 is 0 Å². The van der Waals surface area contributed by atoms with Crippen molar-refractivity contribution in [3.05, 3.63) is 33.2 Å². The molecule has 1 unspecified atom stereocenters. The van der Waals surface area contributed by atoms with Gasteiger partial charge in [-0.1, -0.05) is 19.4 Å². The van der Waals surface area contributed by atoms with E-state index >= 15 is 0 Å². The Morgan fingerprint density at radius 2 is 2.16 bits per heavy atom. The highest BCUT2D eigenvalue weighted by Gasteiger charge is 2.15. The molecule has 0 spiro atoms. The summed E-state index contributed by atoms with van der Waals surface area (Å²) in [4.78, 5) is 9.81. The Bertz CT molecular complexity index is 515. The number of halogens is 1. The third kappa shape index (κ3) is 3.45. The summed E-state index contributed by atoms with van der Waals surface area (Å²) in [6.45, 7) is 2.19. The minimum Gasteiger partial charge on any atom is -0.372 e. The van der Waals surface area contributed by atoms with Crippen molar-refractivity contribution in [3.63, 3.8) is 0 Å². The van der Waals surface area contributed by atoms with Gasteiger partial charge in [0.2, 0.25) is 0 Å². The SMILES string of the molecule is CCCC(Nc1ncnc(NC)c1Br)c1cccs1. The van der Waals surface area contributed by atoms with E-state index in [1.54, 1.807) is 17.7 Å². The van der Waals surface area contributed by atoms with E-state index in [0.29, 0.717) is 6.04 Å². The van der Waals surface area contributed by atoms with Gasteiger partial charge < -0.3 is 10.6 Å². The van der Waals surface area contributed by atoms with Gasteiger partial charge in [0.15, 0.2) is 0 Å². The molecule has 0 aliphatic heterocycles. The maximum atomic E-state index is 4.31. The van der Waals surface area contributed by atoms with Crippen LogP contribution in [0.1, 0.15) is 30.7 Å². The highest BCUT2D eigenvalue weighted by Crippen LogP contribution is 2.32. The average Bonchev–Trinajstić information content (AvgIpc) is 2.94. The van der Waals surface area contributed by atoms with Crippen LogP contribution in [0.15, 0.2) is 28.3 Å². The molecule has 2 aromatic rings. The third-order valence-corrected chi connectivity index (χ3v) is 4.54. The molecule has 0 radical (unpaired) electrons. The van der Waals surface area contributed by atoms with E-state index in [1.165, 1.54) is 4.88 Å². The molecule has 0 aromatic carbocycles. The molecule has 2 heterocycles. The molecule has 102 valence electrons. The van der Waals surface area contributed by atoms with E-state index in [1.807, 2.05) is 7.05 Å². The lowest BCUT2D eigenvalue weighted by Crippen LogP contribution is -2.11. The molecule has 6 heteroatoms. The van der Waals surface area contributed by atoms with Crippen molar-refractivity contribution < 1.29 is 0 Å². The lowest BCUT2D eigenvalue weighted by atomic mass is 10.1. The summed E-state index contributed by atoms with van der Waals surface area (Å²) in [5, 5.41) is 8.64. The summed E-state index contributed by atoms with van der Waals surface area (Å²) < 4.78 is 0.871.